The number of anilines is 1. The predicted molar refractivity (Wildman–Crippen MR) is 104 cm³/mol. The number of carboxylic acids is 1. The lowest BCUT2D eigenvalue weighted by molar-refractivity contribution is 0.0695. The molecule has 0 radical (unpaired) electrons. The molecule has 3 aromatic heterocycles. The van der Waals surface area contributed by atoms with Gasteiger partial charge in [-0.3, -0.25) is 9.36 Å². The number of fused-ring (bicyclic) bond motifs is 1. The number of carboxylic acid groups (broad SMARTS) is 1. The van der Waals surface area contributed by atoms with Crippen LogP contribution in [0.2, 0.25) is 0 Å². The van der Waals surface area contributed by atoms with Gasteiger partial charge in [-0.1, -0.05) is 0 Å². The summed E-state index contributed by atoms with van der Waals surface area (Å²) in [6, 6.07) is 0.125. The van der Waals surface area contributed by atoms with Crippen molar-refractivity contribution in [3.8, 4) is 5.13 Å². The molecule has 0 saturated carbocycles. The Labute approximate surface area is 163 Å². The van der Waals surface area contributed by atoms with Crippen molar-refractivity contribution in [2.24, 2.45) is 0 Å². The van der Waals surface area contributed by atoms with Gasteiger partial charge in [0.25, 0.3) is 0 Å². The summed E-state index contributed by atoms with van der Waals surface area (Å²) in [5, 5.41) is 15.0. The zero-order valence-corrected chi connectivity index (χ0v) is 16.0. The van der Waals surface area contributed by atoms with Crippen molar-refractivity contribution in [1.29, 1.82) is 0 Å². The van der Waals surface area contributed by atoms with Crippen LogP contribution in [0, 0.1) is 0 Å². The maximum Gasteiger partial charge on any atom is 0.341 e. The topological polar surface area (TPSA) is 122 Å². The molecule has 0 bridgehead atoms. The molecule has 146 valence electrons. The maximum absolute atomic E-state index is 12.6. The van der Waals surface area contributed by atoms with E-state index in [4.69, 9.17) is 4.74 Å². The number of hydrogen-bond acceptors (Lipinski definition) is 9. The molecule has 1 aliphatic heterocycles. The van der Waals surface area contributed by atoms with Crippen molar-refractivity contribution in [3.63, 3.8) is 0 Å². The first-order valence-corrected chi connectivity index (χ1v) is 9.42. The summed E-state index contributed by atoms with van der Waals surface area (Å²) in [6.45, 7) is 1.25. The average Bonchev–Trinajstić information content (AvgIpc) is 3.37. The molecule has 4 rings (SSSR count). The third-order valence-corrected chi connectivity index (χ3v) is 5.58. The smallest absolute Gasteiger partial charge is 0.341 e. The normalized spacial score (nSPS) is 19.4. The van der Waals surface area contributed by atoms with Gasteiger partial charge in [0.05, 0.1) is 17.5 Å². The van der Waals surface area contributed by atoms with E-state index in [2.05, 4.69) is 20.3 Å². The number of likely N-dealkylation sites (N-methyl/N-ethyl adjacent to an activating group) is 1. The number of carbonyl (C=O) groups is 1. The van der Waals surface area contributed by atoms with Crippen LogP contribution in [-0.4, -0.2) is 70.0 Å². The molecule has 2 atom stereocenters. The van der Waals surface area contributed by atoms with E-state index in [-0.39, 0.29) is 23.1 Å². The second-order valence-corrected chi connectivity index (χ2v) is 7.22. The van der Waals surface area contributed by atoms with E-state index in [9.17, 15) is 14.7 Å². The van der Waals surface area contributed by atoms with Crippen molar-refractivity contribution >= 4 is 34.3 Å². The van der Waals surface area contributed by atoms with Gasteiger partial charge in [-0.05, 0) is 7.05 Å². The van der Waals surface area contributed by atoms with Gasteiger partial charge in [-0.15, -0.1) is 11.3 Å². The first kappa shape index (κ1) is 18.5. The molecule has 11 heteroatoms. The third-order valence-electron chi connectivity index (χ3n) is 4.81. The number of methoxy groups -OCH3 is 1. The van der Waals surface area contributed by atoms with Crippen LogP contribution in [0.4, 0.5) is 5.95 Å². The Kier molecular flexibility index (Phi) is 4.79. The van der Waals surface area contributed by atoms with Crippen molar-refractivity contribution in [2.45, 2.75) is 12.1 Å². The highest BCUT2D eigenvalue weighted by molar-refractivity contribution is 7.12. The van der Waals surface area contributed by atoms with E-state index < -0.39 is 11.4 Å². The minimum Gasteiger partial charge on any atom is -0.477 e. The number of ether oxygens (including phenoxy) is 1. The van der Waals surface area contributed by atoms with Crippen molar-refractivity contribution < 1.29 is 14.6 Å². The zero-order chi connectivity index (χ0) is 19.8. The number of hydrogen-bond donors (Lipinski definition) is 2. The highest BCUT2D eigenvalue weighted by Crippen LogP contribution is 2.22. The molecule has 0 spiro atoms. The van der Waals surface area contributed by atoms with Crippen LogP contribution in [0.5, 0.6) is 0 Å². The molecule has 1 saturated heterocycles. The fraction of sp³-hybridized carbons (Fsp3) is 0.353. The van der Waals surface area contributed by atoms with Gasteiger partial charge in [-0.25, -0.2) is 14.8 Å². The van der Waals surface area contributed by atoms with E-state index in [0.717, 1.165) is 0 Å². The maximum atomic E-state index is 12.6. The molecule has 1 fully saturated rings. The van der Waals surface area contributed by atoms with Gasteiger partial charge in [0.1, 0.15) is 5.56 Å². The van der Waals surface area contributed by atoms with E-state index in [1.165, 1.54) is 28.3 Å². The first-order valence-electron chi connectivity index (χ1n) is 8.54. The average molecular weight is 402 g/mol. The summed E-state index contributed by atoms with van der Waals surface area (Å²) in [6.07, 6.45) is 4.24. The standard InChI is InChI=1S/C17H18N6O4S/c1-18-11-7-22(8-12(11)27-2)16-20-5-9-13(24)10(15(25)26)6-23(14(9)21-16)17-19-3-4-28-17/h3-6,11-12,18H,7-8H2,1-2H3,(H,25,26). The lowest BCUT2D eigenvalue weighted by Gasteiger charge is -2.17. The molecular formula is C17H18N6O4S. The van der Waals surface area contributed by atoms with Crippen molar-refractivity contribution in [1.82, 2.24) is 24.8 Å². The largest absolute Gasteiger partial charge is 0.477 e. The Morgan fingerprint density at radius 3 is 2.82 bits per heavy atom. The fourth-order valence-electron chi connectivity index (χ4n) is 3.34. The van der Waals surface area contributed by atoms with Gasteiger partial charge in [-0.2, -0.15) is 4.98 Å². The van der Waals surface area contributed by atoms with Gasteiger partial charge in [0.2, 0.25) is 11.4 Å². The quantitative estimate of drug-likeness (QED) is 0.623. The van der Waals surface area contributed by atoms with E-state index in [0.29, 0.717) is 29.8 Å². The molecule has 2 unspecified atom stereocenters. The summed E-state index contributed by atoms with van der Waals surface area (Å²) in [7, 11) is 3.53. The zero-order valence-electron chi connectivity index (χ0n) is 15.2. The minimum atomic E-state index is -1.30. The Balaban J connectivity index is 1.87. The summed E-state index contributed by atoms with van der Waals surface area (Å²) in [5.41, 5.74) is -0.655. The van der Waals surface area contributed by atoms with E-state index in [1.807, 2.05) is 11.9 Å². The number of pyridine rings is 1. The lowest BCUT2D eigenvalue weighted by atomic mass is 10.2. The molecule has 0 aromatic carbocycles. The molecule has 0 aliphatic carbocycles. The van der Waals surface area contributed by atoms with Crippen LogP contribution in [-0.2, 0) is 4.74 Å². The number of nitrogens with one attached hydrogen (secondary N) is 1. The molecule has 0 amide bonds. The Hall–Kier alpha value is -2.89. The van der Waals surface area contributed by atoms with Crippen molar-refractivity contribution in [3.05, 3.63) is 39.8 Å². The van der Waals surface area contributed by atoms with Crippen LogP contribution in [0.1, 0.15) is 10.4 Å². The number of aromatic nitrogens is 4. The minimum absolute atomic E-state index is 0.0140. The molecular weight excluding hydrogens is 384 g/mol. The highest BCUT2D eigenvalue weighted by Gasteiger charge is 2.33. The highest BCUT2D eigenvalue weighted by atomic mass is 32.1. The fourth-order valence-corrected chi connectivity index (χ4v) is 3.96. The Morgan fingerprint density at radius 2 is 2.21 bits per heavy atom. The molecule has 4 heterocycles. The van der Waals surface area contributed by atoms with Crippen LogP contribution in [0.15, 0.2) is 28.8 Å². The molecule has 1 aliphatic rings. The van der Waals surface area contributed by atoms with Gasteiger partial charge >= 0.3 is 5.97 Å². The predicted octanol–water partition coefficient (Wildman–Crippen LogP) is 0.358. The molecule has 28 heavy (non-hydrogen) atoms. The van der Waals surface area contributed by atoms with E-state index >= 15 is 0 Å². The number of thiazole rings is 1. The molecule has 2 N–H and O–H groups in total. The number of nitrogens with zero attached hydrogens (tertiary/aromatic N) is 5. The number of rotatable bonds is 5. The van der Waals surface area contributed by atoms with Gasteiger partial charge in [0.15, 0.2) is 10.8 Å². The van der Waals surface area contributed by atoms with Crippen LogP contribution in [0.25, 0.3) is 16.2 Å². The SMILES string of the molecule is CNC1CN(c2ncc3c(=O)c(C(=O)O)cn(-c4nccs4)c3n2)CC1OC. The van der Waals surface area contributed by atoms with Crippen molar-refractivity contribution in [2.75, 3.05) is 32.1 Å². The third kappa shape index (κ3) is 3.03. The summed E-state index contributed by atoms with van der Waals surface area (Å²) < 4.78 is 7.03. The monoisotopic (exact) mass is 402 g/mol. The first-order chi connectivity index (χ1) is 13.5. The van der Waals surface area contributed by atoms with Crippen LogP contribution < -0.4 is 15.6 Å². The number of aromatic carboxylic acids is 1. The Morgan fingerprint density at radius 1 is 1.39 bits per heavy atom. The van der Waals surface area contributed by atoms with Crippen LogP contribution in [0.3, 0.4) is 0 Å². The second kappa shape index (κ2) is 7.26. The van der Waals surface area contributed by atoms with Crippen LogP contribution >= 0.6 is 11.3 Å². The lowest BCUT2D eigenvalue weighted by Crippen LogP contribution is -2.37. The second-order valence-electron chi connectivity index (χ2n) is 6.34. The summed E-state index contributed by atoms with van der Waals surface area (Å²) >= 11 is 1.32. The summed E-state index contributed by atoms with van der Waals surface area (Å²) in [4.78, 5) is 39.2. The molecule has 3 aromatic rings. The van der Waals surface area contributed by atoms with Gasteiger partial charge < -0.3 is 20.1 Å². The van der Waals surface area contributed by atoms with Gasteiger partial charge in [0, 0.05) is 44.2 Å². The molecule has 10 nitrogen and oxygen atoms in total. The Bertz CT molecular complexity index is 1070. The van der Waals surface area contributed by atoms with E-state index in [1.54, 1.807) is 18.7 Å². The summed E-state index contributed by atoms with van der Waals surface area (Å²) in [5.74, 6) is -0.860.